The molecule has 1 aliphatic carbocycles. The number of nitrogens with zero attached hydrogens (tertiary/aromatic N) is 1. The third-order valence-corrected chi connectivity index (χ3v) is 3.59. The number of benzene rings is 2. The molecule has 2 aromatic carbocycles. The Balaban J connectivity index is 2.28. The molecule has 1 aliphatic rings. The molecular formula is C16H13N. The summed E-state index contributed by atoms with van der Waals surface area (Å²) in [4.78, 5) is 0. The van der Waals surface area contributed by atoms with Gasteiger partial charge in [0.15, 0.2) is 0 Å². The van der Waals surface area contributed by atoms with Gasteiger partial charge in [-0.3, -0.25) is 0 Å². The van der Waals surface area contributed by atoms with Crippen molar-refractivity contribution in [3.05, 3.63) is 59.7 Å². The fourth-order valence-electron chi connectivity index (χ4n) is 2.81. The molecule has 82 valence electrons. The summed E-state index contributed by atoms with van der Waals surface area (Å²) in [6.45, 7) is 2.00. The van der Waals surface area contributed by atoms with Gasteiger partial charge in [0.25, 0.3) is 0 Å². The molecule has 1 atom stereocenters. The lowest BCUT2D eigenvalue weighted by Gasteiger charge is -2.15. The Morgan fingerprint density at radius 2 is 1.41 bits per heavy atom. The van der Waals surface area contributed by atoms with Gasteiger partial charge in [-0.25, -0.2) is 0 Å². The van der Waals surface area contributed by atoms with E-state index in [4.69, 9.17) is 0 Å². The molecule has 0 fully saturated rings. The normalized spacial score (nSPS) is 14.8. The maximum absolute atomic E-state index is 9.20. The van der Waals surface area contributed by atoms with Crippen LogP contribution in [0.5, 0.6) is 0 Å². The highest BCUT2D eigenvalue weighted by atomic mass is 14.4. The maximum Gasteiger partial charge on any atom is 0.0662 e. The van der Waals surface area contributed by atoms with Crippen molar-refractivity contribution in [2.75, 3.05) is 0 Å². The first-order valence-electron chi connectivity index (χ1n) is 5.91. The third-order valence-electron chi connectivity index (χ3n) is 3.59. The van der Waals surface area contributed by atoms with E-state index in [9.17, 15) is 5.26 Å². The number of hydrogen-bond acceptors (Lipinski definition) is 1. The van der Waals surface area contributed by atoms with Crippen LogP contribution in [0.2, 0.25) is 0 Å². The second kappa shape index (κ2) is 3.75. The fraction of sp³-hybridized carbons (Fsp3) is 0.188. The maximum atomic E-state index is 9.20. The van der Waals surface area contributed by atoms with E-state index in [1.807, 2.05) is 6.92 Å². The Hall–Kier alpha value is -2.07. The van der Waals surface area contributed by atoms with Gasteiger partial charge >= 0.3 is 0 Å². The van der Waals surface area contributed by atoms with Crippen molar-refractivity contribution in [3.63, 3.8) is 0 Å². The zero-order valence-corrected chi connectivity index (χ0v) is 9.72. The van der Waals surface area contributed by atoms with Gasteiger partial charge in [0.2, 0.25) is 0 Å². The van der Waals surface area contributed by atoms with Gasteiger partial charge < -0.3 is 0 Å². The lowest BCUT2D eigenvalue weighted by atomic mass is 9.86. The highest BCUT2D eigenvalue weighted by Crippen LogP contribution is 2.47. The van der Waals surface area contributed by atoms with Gasteiger partial charge in [-0.05, 0) is 29.2 Å². The molecule has 0 heterocycles. The molecule has 0 spiro atoms. The van der Waals surface area contributed by atoms with E-state index < -0.39 is 0 Å². The zero-order chi connectivity index (χ0) is 11.8. The van der Waals surface area contributed by atoms with Crippen molar-refractivity contribution in [2.24, 2.45) is 5.92 Å². The van der Waals surface area contributed by atoms with E-state index in [0.717, 1.165) is 0 Å². The summed E-state index contributed by atoms with van der Waals surface area (Å²) in [5, 5.41) is 9.20. The van der Waals surface area contributed by atoms with E-state index in [2.05, 4.69) is 54.6 Å². The summed E-state index contributed by atoms with van der Waals surface area (Å²) >= 11 is 0. The van der Waals surface area contributed by atoms with Crippen molar-refractivity contribution in [3.8, 4) is 17.2 Å². The van der Waals surface area contributed by atoms with Gasteiger partial charge in [-0.2, -0.15) is 5.26 Å². The minimum Gasteiger partial charge on any atom is -0.198 e. The third kappa shape index (κ3) is 1.38. The van der Waals surface area contributed by atoms with Crippen molar-refractivity contribution < 1.29 is 0 Å². The first kappa shape index (κ1) is 10.1. The van der Waals surface area contributed by atoms with Crippen LogP contribution in [0.4, 0.5) is 0 Å². The molecule has 2 aromatic rings. The molecule has 0 saturated carbocycles. The first-order chi connectivity index (χ1) is 8.33. The second-order valence-electron chi connectivity index (χ2n) is 4.57. The number of fused-ring (bicyclic) bond motifs is 3. The molecule has 0 aromatic heterocycles. The van der Waals surface area contributed by atoms with Gasteiger partial charge in [-0.1, -0.05) is 48.5 Å². The minimum atomic E-state index is 0.0137. The molecule has 1 unspecified atom stereocenters. The Morgan fingerprint density at radius 3 is 1.88 bits per heavy atom. The Morgan fingerprint density at radius 1 is 0.941 bits per heavy atom. The predicted octanol–water partition coefficient (Wildman–Crippen LogP) is 3.96. The predicted molar refractivity (Wildman–Crippen MR) is 68.5 cm³/mol. The van der Waals surface area contributed by atoms with Gasteiger partial charge in [0.05, 0.1) is 12.0 Å². The van der Waals surface area contributed by atoms with Crippen molar-refractivity contribution in [1.29, 1.82) is 5.26 Å². The highest BCUT2D eigenvalue weighted by Gasteiger charge is 2.31. The summed E-state index contributed by atoms with van der Waals surface area (Å²) in [6, 6.07) is 19.2. The molecule has 3 rings (SSSR count). The van der Waals surface area contributed by atoms with Crippen LogP contribution in [0.3, 0.4) is 0 Å². The Labute approximate surface area is 101 Å². The highest BCUT2D eigenvalue weighted by molar-refractivity contribution is 5.79. The zero-order valence-electron chi connectivity index (χ0n) is 9.72. The molecule has 17 heavy (non-hydrogen) atoms. The monoisotopic (exact) mass is 219 g/mol. The van der Waals surface area contributed by atoms with Crippen molar-refractivity contribution in [1.82, 2.24) is 0 Å². The molecule has 1 nitrogen and oxygen atoms in total. The van der Waals surface area contributed by atoms with Crippen LogP contribution < -0.4 is 0 Å². The molecule has 0 bridgehead atoms. The van der Waals surface area contributed by atoms with Gasteiger partial charge in [0.1, 0.15) is 0 Å². The van der Waals surface area contributed by atoms with E-state index in [1.54, 1.807) is 0 Å². The van der Waals surface area contributed by atoms with Crippen LogP contribution in [0.15, 0.2) is 48.5 Å². The Kier molecular flexibility index (Phi) is 2.23. The fourth-order valence-corrected chi connectivity index (χ4v) is 2.81. The summed E-state index contributed by atoms with van der Waals surface area (Å²) in [7, 11) is 0. The van der Waals surface area contributed by atoms with Crippen molar-refractivity contribution >= 4 is 0 Å². The first-order valence-corrected chi connectivity index (χ1v) is 5.91. The molecule has 0 N–H and O–H groups in total. The SMILES string of the molecule is CC(C#N)C1c2ccccc2-c2ccccc21. The Bertz CT molecular complexity index is 561. The van der Waals surface area contributed by atoms with E-state index >= 15 is 0 Å². The summed E-state index contributed by atoms with van der Waals surface area (Å²) in [6.07, 6.45) is 0. The van der Waals surface area contributed by atoms with Gasteiger partial charge in [-0.15, -0.1) is 0 Å². The standard InChI is InChI=1S/C16H13N/c1-11(10-17)16-14-8-4-2-6-12(14)13-7-3-5-9-15(13)16/h2-9,11,16H,1H3. The average molecular weight is 219 g/mol. The van der Waals surface area contributed by atoms with Gasteiger partial charge in [0, 0.05) is 5.92 Å². The molecule has 0 amide bonds. The lowest BCUT2D eigenvalue weighted by molar-refractivity contribution is 0.649. The molecule has 0 aliphatic heterocycles. The van der Waals surface area contributed by atoms with Crippen LogP contribution in [-0.4, -0.2) is 0 Å². The molecule has 0 saturated heterocycles. The minimum absolute atomic E-state index is 0.0137. The van der Waals surface area contributed by atoms with E-state index in [1.165, 1.54) is 22.3 Å². The second-order valence-corrected chi connectivity index (χ2v) is 4.57. The largest absolute Gasteiger partial charge is 0.198 e. The molecule has 0 radical (unpaired) electrons. The quantitative estimate of drug-likeness (QED) is 0.712. The van der Waals surface area contributed by atoms with E-state index in [0.29, 0.717) is 0 Å². The van der Waals surface area contributed by atoms with E-state index in [-0.39, 0.29) is 11.8 Å². The number of hydrogen-bond donors (Lipinski definition) is 0. The van der Waals surface area contributed by atoms with Crippen molar-refractivity contribution in [2.45, 2.75) is 12.8 Å². The van der Waals surface area contributed by atoms with Crippen LogP contribution in [0.1, 0.15) is 24.0 Å². The van der Waals surface area contributed by atoms with Crippen LogP contribution in [-0.2, 0) is 0 Å². The van der Waals surface area contributed by atoms with Crippen LogP contribution in [0.25, 0.3) is 11.1 Å². The molecular weight excluding hydrogens is 206 g/mol. The van der Waals surface area contributed by atoms with Crippen LogP contribution >= 0.6 is 0 Å². The topological polar surface area (TPSA) is 23.8 Å². The van der Waals surface area contributed by atoms with Crippen LogP contribution in [0, 0.1) is 17.2 Å². The molecule has 1 heteroatoms. The number of nitriles is 1. The lowest BCUT2D eigenvalue weighted by Crippen LogP contribution is -2.06. The average Bonchev–Trinajstić information content (AvgIpc) is 2.72. The number of rotatable bonds is 1. The summed E-state index contributed by atoms with van der Waals surface area (Å²) < 4.78 is 0. The smallest absolute Gasteiger partial charge is 0.0662 e. The summed E-state index contributed by atoms with van der Waals surface area (Å²) in [5.74, 6) is 0.243. The summed E-state index contributed by atoms with van der Waals surface area (Å²) in [5.41, 5.74) is 5.16.